The SMILES string of the molecule is CCO[Si-](OCC)OCC.[Li+]. The zero-order valence-electron chi connectivity index (χ0n) is 7.85. The van der Waals surface area contributed by atoms with Crippen molar-refractivity contribution in [2.75, 3.05) is 19.8 Å². The van der Waals surface area contributed by atoms with Crippen LogP contribution in [-0.2, 0) is 13.3 Å². The molecule has 0 fully saturated rings. The van der Waals surface area contributed by atoms with Crippen molar-refractivity contribution in [2.24, 2.45) is 0 Å². The third-order valence-corrected chi connectivity index (χ3v) is 2.36. The van der Waals surface area contributed by atoms with Crippen molar-refractivity contribution in [3.8, 4) is 0 Å². The van der Waals surface area contributed by atoms with E-state index in [0.29, 0.717) is 19.8 Å². The molecule has 0 amide bonds. The minimum absolute atomic E-state index is 0. The van der Waals surface area contributed by atoms with Crippen LogP contribution < -0.4 is 18.9 Å². The number of rotatable bonds is 6. The van der Waals surface area contributed by atoms with Crippen LogP contribution in [-0.4, -0.2) is 29.3 Å². The molecule has 0 bridgehead atoms. The molecule has 0 aromatic carbocycles. The summed E-state index contributed by atoms with van der Waals surface area (Å²) in [7, 11) is -1.40. The maximum absolute atomic E-state index is 5.18. The molecular formula is C6H15LiO3Si. The summed E-state index contributed by atoms with van der Waals surface area (Å²) in [4.78, 5) is 0. The van der Waals surface area contributed by atoms with E-state index in [1.165, 1.54) is 0 Å². The minimum atomic E-state index is -1.40. The Kier molecular flexibility index (Phi) is 13.8. The van der Waals surface area contributed by atoms with Gasteiger partial charge in [-0.15, -0.1) is 0 Å². The van der Waals surface area contributed by atoms with E-state index in [-0.39, 0.29) is 18.9 Å². The molecule has 0 saturated carbocycles. The van der Waals surface area contributed by atoms with Gasteiger partial charge in [0, 0.05) is 19.8 Å². The van der Waals surface area contributed by atoms with E-state index in [4.69, 9.17) is 13.3 Å². The molecule has 0 radical (unpaired) electrons. The van der Waals surface area contributed by atoms with Gasteiger partial charge in [-0.05, 0) is 20.8 Å². The maximum atomic E-state index is 5.18. The average Bonchev–Trinajstić information content (AvgIpc) is 1.90. The van der Waals surface area contributed by atoms with E-state index in [1.54, 1.807) is 0 Å². The van der Waals surface area contributed by atoms with E-state index in [1.807, 2.05) is 20.8 Å². The van der Waals surface area contributed by atoms with Crippen LogP contribution in [0.5, 0.6) is 0 Å². The van der Waals surface area contributed by atoms with Crippen molar-refractivity contribution >= 4 is 9.53 Å². The quantitative estimate of drug-likeness (QED) is 0.435. The molecule has 0 saturated heterocycles. The summed E-state index contributed by atoms with van der Waals surface area (Å²) in [6, 6.07) is 0. The monoisotopic (exact) mass is 170 g/mol. The van der Waals surface area contributed by atoms with Crippen molar-refractivity contribution in [3.05, 3.63) is 0 Å². The summed E-state index contributed by atoms with van der Waals surface area (Å²) in [5.41, 5.74) is 0. The Labute approximate surface area is 82.5 Å². The second kappa shape index (κ2) is 10.7. The normalized spacial score (nSPS) is 9.82. The van der Waals surface area contributed by atoms with Gasteiger partial charge in [0.05, 0.1) is 0 Å². The Morgan fingerprint density at radius 3 is 1.27 bits per heavy atom. The molecule has 0 spiro atoms. The number of hydrogen-bond donors (Lipinski definition) is 0. The smallest absolute Gasteiger partial charge is 0.542 e. The largest absolute Gasteiger partial charge is 1.00 e. The minimum Gasteiger partial charge on any atom is -0.542 e. The van der Waals surface area contributed by atoms with Crippen LogP contribution in [0.3, 0.4) is 0 Å². The third-order valence-electron chi connectivity index (χ3n) is 0.787. The fourth-order valence-corrected chi connectivity index (χ4v) is 1.44. The van der Waals surface area contributed by atoms with Gasteiger partial charge in [0.2, 0.25) is 9.53 Å². The summed E-state index contributed by atoms with van der Waals surface area (Å²) in [6.07, 6.45) is 0. The average molecular weight is 170 g/mol. The van der Waals surface area contributed by atoms with E-state index in [0.717, 1.165) is 0 Å². The Bertz CT molecular complexity index is 60.6. The molecule has 0 aliphatic heterocycles. The van der Waals surface area contributed by atoms with Crippen molar-refractivity contribution in [1.29, 1.82) is 0 Å². The summed E-state index contributed by atoms with van der Waals surface area (Å²) in [6.45, 7) is 7.78. The van der Waals surface area contributed by atoms with Gasteiger partial charge in [-0.3, -0.25) is 0 Å². The van der Waals surface area contributed by atoms with Gasteiger partial charge < -0.3 is 13.3 Å². The summed E-state index contributed by atoms with van der Waals surface area (Å²) in [5.74, 6) is 0. The Morgan fingerprint density at radius 2 is 1.09 bits per heavy atom. The molecule has 3 nitrogen and oxygen atoms in total. The molecule has 0 aromatic rings. The van der Waals surface area contributed by atoms with Crippen molar-refractivity contribution in [1.82, 2.24) is 0 Å². The fraction of sp³-hybridized carbons (Fsp3) is 1.00. The molecule has 0 aliphatic rings. The molecule has 0 aliphatic carbocycles. The first-order valence-electron chi connectivity index (χ1n) is 3.60. The summed E-state index contributed by atoms with van der Waals surface area (Å²) in [5, 5.41) is 0. The predicted molar refractivity (Wildman–Crippen MR) is 40.6 cm³/mol. The Morgan fingerprint density at radius 1 is 0.818 bits per heavy atom. The Hall–Kier alpha value is 0.694. The van der Waals surface area contributed by atoms with Gasteiger partial charge in [-0.2, -0.15) is 0 Å². The van der Waals surface area contributed by atoms with Crippen LogP contribution in [0.4, 0.5) is 0 Å². The van der Waals surface area contributed by atoms with Crippen LogP contribution in [0, 0.1) is 0 Å². The molecule has 62 valence electrons. The van der Waals surface area contributed by atoms with Gasteiger partial charge in [-0.1, -0.05) is 0 Å². The van der Waals surface area contributed by atoms with Gasteiger partial charge in [0.1, 0.15) is 0 Å². The first-order chi connectivity index (χ1) is 4.85. The zero-order valence-corrected chi connectivity index (χ0v) is 8.85. The first kappa shape index (κ1) is 14.2. The van der Waals surface area contributed by atoms with Crippen molar-refractivity contribution in [2.45, 2.75) is 20.8 Å². The molecule has 11 heavy (non-hydrogen) atoms. The molecule has 0 heterocycles. The fourth-order valence-electron chi connectivity index (χ4n) is 0.479. The van der Waals surface area contributed by atoms with Gasteiger partial charge >= 0.3 is 18.9 Å². The summed E-state index contributed by atoms with van der Waals surface area (Å²) < 4.78 is 15.5. The van der Waals surface area contributed by atoms with Crippen LogP contribution in [0.2, 0.25) is 0 Å². The Balaban J connectivity index is 0. The maximum Gasteiger partial charge on any atom is 1.00 e. The predicted octanol–water partition coefficient (Wildman–Crippen LogP) is -1.92. The molecule has 0 unspecified atom stereocenters. The summed E-state index contributed by atoms with van der Waals surface area (Å²) >= 11 is 0. The van der Waals surface area contributed by atoms with Crippen LogP contribution in [0.25, 0.3) is 0 Å². The van der Waals surface area contributed by atoms with Crippen LogP contribution in [0.1, 0.15) is 20.8 Å². The van der Waals surface area contributed by atoms with Crippen molar-refractivity contribution in [3.63, 3.8) is 0 Å². The molecule has 0 atom stereocenters. The first-order valence-corrected chi connectivity index (χ1v) is 4.82. The second-order valence-electron chi connectivity index (χ2n) is 1.55. The van der Waals surface area contributed by atoms with E-state index < -0.39 is 9.53 Å². The molecular weight excluding hydrogens is 155 g/mol. The van der Waals surface area contributed by atoms with Gasteiger partial charge in [-0.25, -0.2) is 0 Å². The molecule has 0 rings (SSSR count). The number of hydrogen-bond acceptors (Lipinski definition) is 3. The van der Waals surface area contributed by atoms with Crippen LogP contribution >= 0.6 is 0 Å². The standard InChI is InChI=1S/C6H15O3Si.Li/c1-4-7-10(8-5-2)9-6-3;/h4-6H2,1-3H3;/q-1;+1. The molecule has 0 aromatic heterocycles. The second-order valence-corrected chi connectivity index (χ2v) is 2.92. The van der Waals surface area contributed by atoms with Gasteiger partial charge in [0.25, 0.3) is 0 Å². The van der Waals surface area contributed by atoms with E-state index in [9.17, 15) is 0 Å². The molecule has 0 N–H and O–H groups in total. The van der Waals surface area contributed by atoms with Crippen molar-refractivity contribution < 1.29 is 32.1 Å². The third kappa shape index (κ3) is 8.60. The van der Waals surface area contributed by atoms with E-state index in [2.05, 4.69) is 0 Å². The topological polar surface area (TPSA) is 27.7 Å². The van der Waals surface area contributed by atoms with Crippen LogP contribution in [0.15, 0.2) is 0 Å². The molecule has 5 heteroatoms. The van der Waals surface area contributed by atoms with E-state index >= 15 is 0 Å². The van der Waals surface area contributed by atoms with Gasteiger partial charge in [0.15, 0.2) is 0 Å². The zero-order chi connectivity index (χ0) is 7.82.